The Morgan fingerprint density at radius 1 is 0.778 bits per heavy atom. The lowest BCUT2D eigenvalue weighted by Crippen LogP contribution is -2.50. The largest absolute Gasteiger partial charge is 0.480 e. The Morgan fingerprint density at radius 3 is 1.94 bits per heavy atom. The number of aromatic nitrogens is 2. The zero-order chi connectivity index (χ0) is 44.3. The minimum Gasteiger partial charge on any atom is -0.480 e. The first kappa shape index (κ1) is 44.9. The molecule has 6 atom stereocenters. The molecule has 5 aromatic carbocycles. The minimum atomic E-state index is -4.15. The van der Waals surface area contributed by atoms with Crippen LogP contribution in [0.3, 0.4) is 0 Å². The summed E-state index contributed by atoms with van der Waals surface area (Å²) in [6, 6.07) is 38.0. The number of fused-ring (bicyclic) bond motifs is 1. The Balaban J connectivity index is 1.20. The number of carbonyl (C=O) groups excluding carboxylic acids is 2. The van der Waals surface area contributed by atoms with Crippen LogP contribution in [0.5, 0.6) is 11.5 Å². The van der Waals surface area contributed by atoms with Crippen LogP contribution in [0.25, 0.3) is 10.9 Å². The number of unbranched alkanes of at least 4 members (excludes halogenated alkanes) is 1. The molecule has 1 saturated heterocycles. The molecule has 1 fully saturated rings. The molecule has 63 heavy (non-hydrogen) atoms. The summed E-state index contributed by atoms with van der Waals surface area (Å²) in [6.07, 6.45) is -2.42. The molecule has 2 amide bonds. The predicted molar refractivity (Wildman–Crippen MR) is 240 cm³/mol. The van der Waals surface area contributed by atoms with Crippen LogP contribution < -0.4 is 15.0 Å². The molecule has 1 aliphatic heterocycles. The smallest absolute Gasteiger partial charge is 0.417 e. The van der Waals surface area contributed by atoms with Crippen molar-refractivity contribution in [1.29, 1.82) is 0 Å². The number of urea groups is 1. The van der Waals surface area contributed by atoms with E-state index in [9.17, 15) is 19.6 Å². The molecular weight excluding hydrogens is 822 g/mol. The van der Waals surface area contributed by atoms with Crippen LogP contribution in [0.2, 0.25) is 0 Å². The van der Waals surface area contributed by atoms with Crippen LogP contribution in [-0.2, 0) is 44.6 Å². The Bertz CT molecular complexity index is 2470. The first-order valence-electron chi connectivity index (χ1n) is 21.1. The third-order valence-corrected chi connectivity index (χ3v) is 12.6. The predicted octanol–water partition coefficient (Wildman–Crippen LogP) is 7.88. The number of aliphatic hydroxyl groups excluding tert-OH is 2. The lowest BCUT2D eigenvalue weighted by molar-refractivity contribution is -0.151. The number of carbonyl (C=O) groups is 2. The van der Waals surface area contributed by atoms with Gasteiger partial charge in [-0.05, 0) is 84.8 Å². The maximum Gasteiger partial charge on any atom is 0.417 e. The second kappa shape index (κ2) is 20.8. The minimum absolute atomic E-state index is 0.00882. The number of nitrogens with zero attached hydrogens (tertiary/aromatic N) is 3. The quantitative estimate of drug-likeness (QED) is 0.0352. The summed E-state index contributed by atoms with van der Waals surface area (Å²) in [6.45, 7) is 3.74. The normalized spacial score (nSPS) is 19.3. The number of esters is 1. The second-order valence-corrected chi connectivity index (χ2v) is 17.6. The number of hydrogen-bond donors (Lipinski definition) is 4. The molecule has 1 aliphatic rings. The van der Waals surface area contributed by atoms with Gasteiger partial charge in [0.25, 0.3) is 0 Å². The van der Waals surface area contributed by atoms with Crippen LogP contribution in [0.15, 0.2) is 133 Å². The number of amides is 2. The van der Waals surface area contributed by atoms with Gasteiger partial charge in [0.1, 0.15) is 23.7 Å². The van der Waals surface area contributed by atoms with Crippen molar-refractivity contribution in [1.82, 2.24) is 20.0 Å². The number of nitrogens with one attached hydrogen (secondary N) is 1. The molecule has 5 N–H and O–H groups in total. The van der Waals surface area contributed by atoms with Gasteiger partial charge in [0.05, 0.1) is 24.2 Å². The highest BCUT2D eigenvalue weighted by atomic mass is 31.2. The molecule has 1 aromatic heterocycles. The van der Waals surface area contributed by atoms with Crippen LogP contribution in [0.4, 0.5) is 10.6 Å². The first-order chi connectivity index (χ1) is 30.5. The standard InChI is InChI=1S/C48H54N5O9P/c1-3-4-25-59-47(56)33(2)61-63(58,62-38-20-12-7-13-21-38)32-60-39-22-14-19-36(26-39)30-52-42(28-34-15-8-5-9-16-34)44(54)45(55)43(29-35-17-10-6-11-18-35)53(48(52)57)31-37-23-24-41-40(27-37)46(49)51-50-41/h5-24,26-27,33,42-45,54-55H,3-4,25,28-32H2,1-2H3,(H3,49,50,51)/t33-,42+,43+,44-,45-,63?/m0/s1. The van der Waals surface area contributed by atoms with Crippen molar-refractivity contribution in [3.8, 4) is 11.5 Å². The molecule has 15 heteroatoms. The summed E-state index contributed by atoms with van der Waals surface area (Å²) in [5, 5.41) is 32.2. The summed E-state index contributed by atoms with van der Waals surface area (Å²) in [5.74, 6) is 0.204. The fourth-order valence-corrected chi connectivity index (χ4v) is 9.19. The van der Waals surface area contributed by atoms with Gasteiger partial charge in [-0.25, -0.2) is 14.2 Å². The van der Waals surface area contributed by atoms with E-state index in [1.54, 1.807) is 58.3 Å². The number of H-pyrrole nitrogens is 1. The molecule has 0 radical (unpaired) electrons. The Morgan fingerprint density at radius 2 is 1.33 bits per heavy atom. The van der Waals surface area contributed by atoms with E-state index in [0.29, 0.717) is 28.9 Å². The highest BCUT2D eigenvalue weighted by Crippen LogP contribution is 2.49. The van der Waals surface area contributed by atoms with Crippen molar-refractivity contribution < 1.29 is 42.9 Å². The third kappa shape index (κ3) is 11.5. The van der Waals surface area contributed by atoms with Crippen LogP contribution in [-0.4, -0.2) is 85.6 Å². The maximum atomic E-state index is 15.3. The zero-order valence-corrected chi connectivity index (χ0v) is 36.3. The molecule has 0 aliphatic carbocycles. The van der Waals surface area contributed by atoms with Gasteiger partial charge >= 0.3 is 19.6 Å². The fourth-order valence-electron chi connectivity index (χ4n) is 7.71. The SMILES string of the molecule is CCCCOC(=O)[C@H](C)OP(=O)(COc1cccc(CN2C(=O)N(Cc3ccc4[nH]nc(N)c4c3)[C@H](Cc3ccccc3)[C@H](O)[C@@H](O)[C@H]2Cc2ccccc2)c1)Oc1ccccc1. The average Bonchev–Trinajstić information content (AvgIpc) is 3.65. The molecule has 0 bridgehead atoms. The number of benzene rings is 5. The third-order valence-electron chi connectivity index (χ3n) is 11.0. The number of aromatic amines is 1. The molecular formula is C48H54N5O9P. The number of rotatable bonds is 19. The monoisotopic (exact) mass is 875 g/mol. The van der Waals surface area contributed by atoms with Crippen LogP contribution in [0.1, 0.15) is 48.9 Å². The molecule has 2 heterocycles. The van der Waals surface area contributed by atoms with Crippen molar-refractivity contribution in [3.05, 3.63) is 156 Å². The lowest BCUT2D eigenvalue weighted by Gasteiger charge is -2.36. The molecule has 7 rings (SSSR count). The number of para-hydroxylation sites is 1. The second-order valence-electron chi connectivity index (χ2n) is 15.7. The van der Waals surface area contributed by atoms with Gasteiger partial charge < -0.3 is 39.7 Å². The molecule has 1 unspecified atom stereocenters. The van der Waals surface area contributed by atoms with E-state index >= 15 is 4.79 Å². The fraction of sp³-hybridized carbons (Fsp3) is 0.312. The number of hydrogen-bond acceptors (Lipinski definition) is 11. The van der Waals surface area contributed by atoms with E-state index in [2.05, 4.69) is 10.2 Å². The van der Waals surface area contributed by atoms with Crippen LogP contribution >= 0.6 is 7.60 Å². The van der Waals surface area contributed by atoms with Crippen LogP contribution in [0, 0.1) is 0 Å². The first-order valence-corrected chi connectivity index (χ1v) is 22.9. The average molecular weight is 876 g/mol. The van der Waals surface area contributed by atoms with E-state index < -0.39 is 56.3 Å². The Kier molecular flexibility index (Phi) is 14.8. The Labute approximate surface area is 367 Å². The molecule has 14 nitrogen and oxygen atoms in total. The highest BCUT2D eigenvalue weighted by molar-refractivity contribution is 7.54. The van der Waals surface area contributed by atoms with Crippen molar-refractivity contribution >= 4 is 36.3 Å². The van der Waals surface area contributed by atoms with Gasteiger partial charge in [-0.1, -0.05) is 110 Å². The highest BCUT2D eigenvalue weighted by Gasteiger charge is 2.46. The van der Waals surface area contributed by atoms with Crippen molar-refractivity contribution in [2.75, 3.05) is 18.7 Å². The number of nitrogens with two attached hydrogens (primary N) is 1. The van der Waals surface area contributed by atoms with E-state index in [-0.39, 0.29) is 38.3 Å². The molecule has 0 saturated carbocycles. The van der Waals surface area contributed by atoms with Gasteiger partial charge in [0.2, 0.25) is 6.35 Å². The summed E-state index contributed by atoms with van der Waals surface area (Å²) in [4.78, 5) is 31.3. The van der Waals surface area contributed by atoms with Gasteiger partial charge in [-0.2, -0.15) is 5.10 Å². The van der Waals surface area contributed by atoms with Crippen molar-refractivity contribution in [3.63, 3.8) is 0 Å². The molecule has 6 aromatic rings. The van der Waals surface area contributed by atoms with Gasteiger partial charge in [-0.15, -0.1) is 0 Å². The van der Waals surface area contributed by atoms with Crippen molar-refractivity contribution in [2.24, 2.45) is 0 Å². The van der Waals surface area contributed by atoms with Gasteiger partial charge in [0.15, 0.2) is 11.9 Å². The number of nitrogen functional groups attached to an aromatic ring is 1. The van der Waals surface area contributed by atoms with Crippen molar-refractivity contribution in [2.45, 2.75) is 83.0 Å². The Hall–Kier alpha value is -6.18. The number of ether oxygens (including phenoxy) is 2. The topological polar surface area (TPSA) is 190 Å². The summed E-state index contributed by atoms with van der Waals surface area (Å²) < 4.78 is 37.3. The molecule has 330 valence electrons. The summed E-state index contributed by atoms with van der Waals surface area (Å²) in [5.41, 5.74) is 10.1. The van der Waals surface area contributed by atoms with E-state index in [1.807, 2.05) is 91.9 Å². The van der Waals surface area contributed by atoms with E-state index in [1.165, 1.54) is 6.92 Å². The lowest BCUT2D eigenvalue weighted by atomic mass is 9.91. The van der Waals surface area contributed by atoms with E-state index in [4.69, 9.17) is 24.3 Å². The van der Waals surface area contributed by atoms with E-state index in [0.717, 1.165) is 28.6 Å². The summed E-state index contributed by atoms with van der Waals surface area (Å²) in [7, 11) is -4.15. The zero-order valence-electron chi connectivity index (χ0n) is 35.4. The van der Waals surface area contributed by atoms with Gasteiger partial charge in [0, 0.05) is 18.5 Å². The summed E-state index contributed by atoms with van der Waals surface area (Å²) >= 11 is 0. The maximum absolute atomic E-state index is 15.3. The van der Waals surface area contributed by atoms with Gasteiger partial charge in [-0.3, -0.25) is 9.62 Å². The molecule has 0 spiro atoms. The number of aliphatic hydroxyl groups is 2. The number of anilines is 1.